The third-order valence-electron chi connectivity index (χ3n) is 3.43. The largest absolute Gasteiger partial charge is 0.355 e. The zero-order valence-corrected chi connectivity index (χ0v) is 12.4. The third kappa shape index (κ3) is 3.79. The molecule has 1 unspecified atom stereocenters. The number of aryl methyl sites for hydroxylation is 1. The summed E-state index contributed by atoms with van der Waals surface area (Å²) in [4.78, 5) is 23.2. The summed E-state index contributed by atoms with van der Waals surface area (Å²) in [6.45, 7) is 2.05. The summed E-state index contributed by atoms with van der Waals surface area (Å²) in [5, 5.41) is 10.4. The number of hydrogen-bond donors (Lipinski definition) is 3. The van der Waals surface area contributed by atoms with Crippen molar-refractivity contribution in [3.8, 4) is 0 Å². The molecule has 1 saturated heterocycles. The first-order chi connectivity index (χ1) is 9.77. The van der Waals surface area contributed by atoms with Crippen molar-refractivity contribution < 1.29 is 18.0 Å². The van der Waals surface area contributed by atoms with Gasteiger partial charge < -0.3 is 10.6 Å². The van der Waals surface area contributed by atoms with Gasteiger partial charge in [-0.1, -0.05) is 6.07 Å². The van der Waals surface area contributed by atoms with Gasteiger partial charge in [-0.3, -0.25) is 9.59 Å². The van der Waals surface area contributed by atoms with Gasteiger partial charge in [0.15, 0.2) is 0 Å². The predicted molar refractivity (Wildman–Crippen MR) is 76.9 cm³/mol. The summed E-state index contributed by atoms with van der Waals surface area (Å²) in [7, 11) is -3.82. The van der Waals surface area contributed by atoms with Gasteiger partial charge in [0.1, 0.15) is 0 Å². The van der Waals surface area contributed by atoms with E-state index in [4.69, 9.17) is 5.14 Å². The molecule has 0 spiro atoms. The van der Waals surface area contributed by atoms with E-state index in [0.717, 1.165) is 5.56 Å². The van der Waals surface area contributed by atoms with E-state index in [9.17, 15) is 18.0 Å². The Labute approximate surface area is 123 Å². The van der Waals surface area contributed by atoms with E-state index in [1.165, 1.54) is 12.1 Å². The number of rotatable bonds is 3. The number of hydrogen-bond acceptors (Lipinski definition) is 4. The van der Waals surface area contributed by atoms with E-state index in [2.05, 4.69) is 10.6 Å². The number of carbonyl (C=O) groups is 2. The first-order valence-corrected chi connectivity index (χ1v) is 8.03. The Bertz CT molecular complexity index is 675. The fraction of sp³-hybridized carbons (Fsp3) is 0.385. The summed E-state index contributed by atoms with van der Waals surface area (Å²) in [5.41, 5.74) is 1.14. The van der Waals surface area contributed by atoms with Crippen LogP contribution in [0.4, 0.5) is 5.69 Å². The number of amides is 2. The summed E-state index contributed by atoms with van der Waals surface area (Å²) in [6.07, 6.45) is 0.792. The number of sulfonamides is 1. The minimum absolute atomic E-state index is 0.0552. The standard InChI is InChI=1S/C13H17N3O4S/c1-8-2-4-10(21(14,19)20)6-11(8)16-13(18)9-3-5-12(17)15-7-9/h2,4,6,9H,3,5,7H2,1H3,(H,15,17)(H,16,18)(H2,14,19,20). The molecular weight excluding hydrogens is 294 g/mol. The third-order valence-corrected chi connectivity index (χ3v) is 4.34. The van der Waals surface area contributed by atoms with Crippen LogP contribution in [0.3, 0.4) is 0 Å². The van der Waals surface area contributed by atoms with Crippen molar-refractivity contribution in [3.63, 3.8) is 0 Å². The van der Waals surface area contributed by atoms with Gasteiger partial charge >= 0.3 is 0 Å². The maximum absolute atomic E-state index is 12.1. The van der Waals surface area contributed by atoms with Gasteiger partial charge in [0.25, 0.3) is 0 Å². The van der Waals surface area contributed by atoms with Crippen molar-refractivity contribution >= 4 is 27.5 Å². The fourth-order valence-electron chi connectivity index (χ4n) is 2.10. The molecule has 1 aliphatic heterocycles. The summed E-state index contributed by atoms with van der Waals surface area (Å²) in [5.74, 6) is -0.628. The Balaban J connectivity index is 2.15. The van der Waals surface area contributed by atoms with E-state index in [1.54, 1.807) is 13.0 Å². The molecule has 7 nitrogen and oxygen atoms in total. The van der Waals surface area contributed by atoms with Gasteiger partial charge in [-0.15, -0.1) is 0 Å². The molecule has 0 aliphatic carbocycles. The summed E-state index contributed by atoms with van der Waals surface area (Å²) < 4.78 is 22.7. The SMILES string of the molecule is Cc1ccc(S(N)(=O)=O)cc1NC(=O)C1CCC(=O)NC1. The number of carbonyl (C=O) groups excluding carboxylic acids is 2. The lowest BCUT2D eigenvalue weighted by Gasteiger charge is -2.22. The van der Waals surface area contributed by atoms with Crippen LogP contribution in [0.2, 0.25) is 0 Å². The Kier molecular flexibility index (Phi) is 4.29. The summed E-state index contributed by atoms with van der Waals surface area (Å²) >= 11 is 0. The zero-order chi connectivity index (χ0) is 15.6. The lowest BCUT2D eigenvalue weighted by Crippen LogP contribution is -2.40. The average molecular weight is 311 g/mol. The first kappa shape index (κ1) is 15.5. The topological polar surface area (TPSA) is 118 Å². The molecule has 0 saturated carbocycles. The van der Waals surface area contributed by atoms with Crippen LogP contribution in [0.15, 0.2) is 23.1 Å². The van der Waals surface area contributed by atoms with Crippen LogP contribution in [-0.2, 0) is 19.6 Å². The minimum Gasteiger partial charge on any atom is -0.355 e. The number of nitrogens with two attached hydrogens (primary N) is 1. The van der Waals surface area contributed by atoms with Crippen LogP contribution in [0.1, 0.15) is 18.4 Å². The van der Waals surface area contributed by atoms with E-state index in [0.29, 0.717) is 25.1 Å². The molecule has 2 rings (SSSR count). The predicted octanol–water partition coefficient (Wildman–Crippen LogP) is 0.107. The normalized spacial score (nSPS) is 19.0. The lowest BCUT2D eigenvalue weighted by atomic mass is 9.98. The van der Waals surface area contributed by atoms with Gasteiger partial charge in [-0.2, -0.15) is 0 Å². The van der Waals surface area contributed by atoms with Crippen LogP contribution >= 0.6 is 0 Å². The Hall–Kier alpha value is -1.93. The molecule has 0 aromatic heterocycles. The molecular formula is C13H17N3O4S. The number of piperidine rings is 1. The van der Waals surface area contributed by atoms with Crippen molar-refractivity contribution in [3.05, 3.63) is 23.8 Å². The van der Waals surface area contributed by atoms with Gasteiger partial charge in [0.05, 0.1) is 10.8 Å². The van der Waals surface area contributed by atoms with Crippen LogP contribution in [0.5, 0.6) is 0 Å². The van der Waals surface area contributed by atoms with Gasteiger partial charge in [0, 0.05) is 18.7 Å². The highest BCUT2D eigenvalue weighted by molar-refractivity contribution is 7.89. The minimum atomic E-state index is -3.82. The van der Waals surface area contributed by atoms with E-state index in [-0.39, 0.29) is 22.6 Å². The van der Waals surface area contributed by atoms with Gasteiger partial charge in [-0.25, -0.2) is 13.6 Å². The zero-order valence-electron chi connectivity index (χ0n) is 11.5. The van der Waals surface area contributed by atoms with Crippen molar-refractivity contribution in [1.82, 2.24) is 5.32 Å². The van der Waals surface area contributed by atoms with Crippen LogP contribution in [0, 0.1) is 12.8 Å². The molecule has 114 valence electrons. The van der Waals surface area contributed by atoms with Gasteiger partial charge in [0.2, 0.25) is 21.8 Å². The quantitative estimate of drug-likeness (QED) is 0.734. The number of nitrogens with one attached hydrogen (secondary N) is 2. The number of anilines is 1. The molecule has 1 atom stereocenters. The Morgan fingerprint density at radius 1 is 1.43 bits per heavy atom. The molecule has 21 heavy (non-hydrogen) atoms. The summed E-state index contributed by atoms with van der Waals surface area (Å²) in [6, 6.07) is 4.31. The first-order valence-electron chi connectivity index (χ1n) is 6.48. The second-order valence-corrected chi connectivity index (χ2v) is 6.61. The van der Waals surface area contributed by atoms with Gasteiger partial charge in [-0.05, 0) is 31.0 Å². The van der Waals surface area contributed by atoms with E-state index >= 15 is 0 Å². The molecule has 4 N–H and O–H groups in total. The molecule has 1 heterocycles. The Morgan fingerprint density at radius 3 is 2.71 bits per heavy atom. The second-order valence-electron chi connectivity index (χ2n) is 5.05. The Morgan fingerprint density at radius 2 is 2.14 bits per heavy atom. The maximum atomic E-state index is 12.1. The smallest absolute Gasteiger partial charge is 0.238 e. The highest BCUT2D eigenvalue weighted by Gasteiger charge is 2.25. The molecule has 0 bridgehead atoms. The second kappa shape index (κ2) is 5.82. The van der Waals surface area contributed by atoms with E-state index < -0.39 is 10.0 Å². The fourth-order valence-corrected chi connectivity index (χ4v) is 2.64. The molecule has 8 heteroatoms. The van der Waals surface area contributed by atoms with Crippen molar-refractivity contribution in [2.75, 3.05) is 11.9 Å². The number of benzene rings is 1. The molecule has 1 fully saturated rings. The highest BCUT2D eigenvalue weighted by Crippen LogP contribution is 2.21. The van der Waals surface area contributed by atoms with Crippen LogP contribution < -0.4 is 15.8 Å². The molecule has 1 aliphatic rings. The lowest BCUT2D eigenvalue weighted by molar-refractivity contribution is -0.126. The van der Waals surface area contributed by atoms with Crippen molar-refractivity contribution in [2.45, 2.75) is 24.7 Å². The molecule has 1 aromatic carbocycles. The van der Waals surface area contributed by atoms with Crippen molar-refractivity contribution in [1.29, 1.82) is 0 Å². The average Bonchev–Trinajstić information content (AvgIpc) is 2.40. The molecule has 2 amide bonds. The monoisotopic (exact) mass is 311 g/mol. The van der Waals surface area contributed by atoms with Crippen LogP contribution in [0.25, 0.3) is 0 Å². The molecule has 0 radical (unpaired) electrons. The highest BCUT2D eigenvalue weighted by atomic mass is 32.2. The maximum Gasteiger partial charge on any atom is 0.238 e. The van der Waals surface area contributed by atoms with E-state index in [1.807, 2.05) is 0 Å². The van der Waals surface area contributed by atoms with Crippen LogP contribution in [-0.4, -0.2) is 26.8 Å². The molecule has 1 aromatic rings. The van der Waals surface area contributed by atoms with Crippen molar-refractivity contribution in [2.24, 2.45) is 11.1 Å². The number of primary sulfonamides is 1.